The van der Waals surface area contributed by atoms with Gasteiger partial charge >= 0.3 is 0 Å². The van der Waals surface area contributed by atoms with Crippen molar-refractivity contribution in [1.29, 1.82) is 0 Å². The normalized spacial score (nSPS) is 12.0. The number of nitrogens with zero attached hydrogens (tertiary/aromatic N) is 3. The Hall–Kier alpha value is -2.30. The zero-order valence-electron chi connectivity index (χ0n) is 18.5. The summed E-state index contributed by atoms with van der Waals surface area (Å²) in [6.07, 6.45) is 10.5. The first-order chi connectivity index (χ1) is 14.0. The monoisotopic (exact) mass is 396 g/mol. The molecule has 2 heterocycles. The van der Waals surface area contributed by atoms with E-state index in [2.05, 4.69) is 61.2 Å². The number of hydrogen-bond donors (Lipinski definition) is 1. The highest BCUT2D eigenvalue weighted by molar-refractivity contribution is 5.61. The van der Waals surface area contributed by atoms with Crippen molar-refractivity contribution in [2.45, 2.75) is 84.5 Å². The number of ether oxygens (including phenoxy) is 1. The minimum absolute atomic E-state index is 0.0406. The first-order valence-corrected chi connectivity index (χ1v) is 11.2. The second-order valence-corrected chi connectivity index (χ2v) is 8.99. The predicted molar refractivity (Wildman–Crippen MR) is 120 cm³/mol. The molecule has 0 unspecified atom stereocenters. The molecule has 0 amide bonds. The molecule has 0 radical (unpaired) electrons. The summed E-state index contributed by atoms with van der Waals surface area (Å²) in [4.78, 5) is 0. The lowest BCUT2D eigenvalue weighted by Crippen LogP contribution is -2.12. The molecule has 0 saturated carbocycles. The quantitative estimate of drug-likeness (QED) is 0.374. The number of rotatable bonds is 11. The highest BCUT2D eigenvalue weighted by Crippen LogP contribution is 2.26. The topological polar surface area (TPSA) is 55.2 Å². The van der Waals surface area contributed by atoms with E-state index >= 15 is 0 Å². The minimum atomic E-state index is 0.0406. The van der Waals surface area contributed by atoms with Gasteiger partial charge in [-0.25, -0.2) is 4.52 Å². The zero-order valence-corrected chi connectivity index (χ0v) is 18.5. The summed E-state index contributed by atoms with van der Waals surface area (Å²) in [6, 6.07) is 10.2. The number of fused-ring (bicyclic) bond motifs is 1. The van der Waals surface area contributed by atoms with Gasteiger partial charge < -0.3 is 4.74 Å². The summed E-state index contributed by atoms with van der Waals surface area (Å²) < 4.78 is 7.95. The lowest BCUT2D eigenvalue weighted by atomic mass is 9.93. The van der Waals surface area contributed by atoms with Gasteiger partial charge in [-0.2, -0.15) is 0 Å². The van der Waals surface area contributed by atoms with Gasteiger partial charge in [-0.05, 0) is 18.6 Å². The van der Waals surface area contributed by atoms with Crippen molar-refractivity contribution < 1.29 is 4.74 Å². The Balaban J connectivity index is 1.54. The van der Waals surface area contributed by atoms with Gasteiger partial charge in [0.05, 0.1) is 6.61 Å². The van der Waals surface area contributed by atoms with Gasteiger partial charge in [-0.3, -0.25) is 5.10 Å². The van der Waals surface area contributed by atoms with Crippen LogP contribution in [0.4, 0.5) is 0 Å². The Morgan fingerprint density at radius 3 is 2.38 bits per heavy atom. The molecule has 1 N–H and O–H groups in total. The van der Waals surface area contributed by atoms with Crippen molar-refractivity contribution in [2.24, 2.45) is 0 Å². The summed E-state index contributed by atoms with van der Waals surface area (Å²) in [7, 11) is 0. The molecule has 29 heavy (non-hydrogen) atoms. The fraction of sp³-hybridized carbons (Fsp3) is 0.583. The molecular formula is C24H36N4O. The molecule has 0 aliphatic rings. The van der Waals surface area contributed by atoms with E-state index in [4.69, 9.17) is 4.74 Å². The number of H-pyrrole nitrogens is 1. The van der Waals surface area contributed by atoms with E-state index in [9.17, 15) is 0 Å². The lowest BCUT2D eigenvalue weighted by Gasteiger charge is -2.15. The number of hydrogen-bond acceptors (Lipinski definition) is 3. The van der Waals surface area contributed by atoms with Crippen LogP contribution in [0.25, 0.3) is 17.0 Å². The Kier molecular flexibility index (Phi) is 7.34. The molecule has 5 nitrogen and oxygen atoms in total. The molecule has 0 bridgehead atoms. The summed E-state index contributed by atoms with van der Waals surface area (Å²) in [5.74, 6) is 1.71. The van der Waals surface area contributed by atoms with Crippen LogP contribution in [0, 0.1) is 0 Å². The average Bonchev–Trinajstić information content (AvgIpc) is 3.28. The van der Waals surface area contributed by atoms with E-state index in [0.717, 1.165) is 41.5 Å². The zero-order chi connectivity index (χ0) is 20.7. The highest BCUT2D eigenvalue weighted by Gasteiger charge is 2.19. The summed E-state index contributed by atoms with van der Waals surface area (Å²) in [5, 5.41) is 12.1. The van der Waals surface area contributed by atoms with Gasteiger partial charge in [-0.1, -0.05) is 84.8 Å². The molecular weight excluding hydrogens is 360 g/mol. The van der Waals surface area contributed by atoms with Gasteiger partial charge in [0, 0.05) is 22.7 Å². The van der Waals surface area contributed by atoms with Crippen molar-refractivity contribution in [3.8, 4) is 17.1 Å². The first-order valence-electron chi connectivity index (χ1n) is 11.2. The fourth-order valence-electron chi connectivity index (χ4n) is 3.50. The van der Waals surface area contributed by atoms with E-state index in [1.165, 1.54) is 44.9 Å². The van der Waals surface area contributed by atoms with Crippen LogP contribution >= 0.6 is 0 Å². The molecule has 0 fully saturated rings. The van der Waals surface area contributed by atoms with Gasteiger partial charge in [0.1, 0.15) is 5.75 Å². The lowest BCUT2D eigenvalue weighted by molar-refractivity contribution is 0.304. The molecule has 3 rings (SSSR count). The SMILES string of the molecule is CCCCCCCCCCOc1cccc(-c2nnc3cc(C(C)(C)C)[nH]n23)c1. The maximum Gasteiger partial charge on any atom is 0.183 e. The molecule has 0 aliphatic carbocycles. The van der Waals surface area contributed by atoms with Crippen LogP contribution in [0.1, 0.15) is 84.8 Å². The summed E-state index contributed by atoms with van der Waals surface area (Å²) in [6.45, 7) is 9.59. The third kappa shape index (κ3) is 5.84. The number of aromatic nitrogens is 4. The molecule has 5 heteroatoms. The smallest absolute Gasteiger partial charge is 0.183 e. The van der Waals surface area contributed by atoms with Gasteiger partial charge in [-0.15, -0.1) is 10.2 Å². The third-order valence-electron chi connectivity index (χ3n) is 5.36. The summed E-state index contributed by atoms with van der Waals surface area (Å²) in [5.41, 5.74) is 3.04. The van der Waals surface area contributed by atoms with Crippen molar-refractivity contribution in [3.63, 3.8) is 0 Å². The van der Waals surface area contributed by atoms with Crippen molar-refractivity contribution in [2.75, 3.05) is 6.61 Å². The highest BCUT2D eigenvalue weighted by atomic mass is 16.5. The second-order valence-electron chi connectivity index (χ2n) is 8.99. The number of aromatic amines is 1. The molecule has 3 aromatic rings. The Morgan fingerprint density at radius 1 is 0.931 bits per heavy atom. The minimum Gasteiger partial charge on any atom is -0.494 e. The molecule has 0 aliphatic heterocycles. The van der Waals surface area contributed by atoms with Gasteiger partial charge in [0.15, 0.2) is 11.5 Å². The van der Waals surface area contributed by atoms with Crippen LogP contribution < -0.4 is 4.74 Å². The van der Waals surface area contributed by atoms with E-state index < -0.39 is 0 Å². The predicted octanol–water partition coefficient (Wildman–Crippen LogP) is 6.54. The average molecular weight is 397 g/mol. The molecule has 0 spiro atoms. The Morgan fingerprint density at radius 2 is 1.66 bits per heavy atom. The first kappa shape index (κ1) is 21.4. The Labute approximate surface area is 174 Å². The third-order valence-corrected chi connectivity index (χ3v) is 5.36. The standard InChI is InChI=1S/C24H36N4O/c1-5-6-7-8-9-10-11-12-16-29-20-15-13-14-19(17-20)23-26-25-22-18-21(24(2,3)4)27-28(22)23/h13-15,17-18,27H,5-12,16H2,1-4H3. The van der Waals surface area contributed by atoms with E-state index in [-0.39, 0.29) is 5.41 Å². The number of nitrogens with one attached hydrogen (secondary N) is 1. The Bertz CT molecular complexity index is 888. The van der Waals surface area contributed by atoms with Crippen LogP contribution in [-0.2, 0) is 5.41 Å². The van der Waals surface area contributed by atoms with Gasteiger partial charge in [0.2, 0.25) is 0 Å². The molecule has 0 atom stereocenters. The second kappa shape index (κ2) is 9.95. The van der Waals surface area contributed by atoms with Crippen molar-refractivity contribution in [1.82, 2.24) is 19.8 Å². The maximum absolute atomic E-state index is 5.99. The van der Waals surface area contributed by atoms with E-state index in [0.29, 0.717) is 0 Å². The molecule has 2 aromatic heterocycles. The fourth-order valence-corrected chi connectivity index (χ4v) is 3.50. The summed E-state index contributed by atoms with van der Waals surface area (Å²) >= 11 is 0. The molecule has 158 valence electrons. The molecule has 0 saturated heterocycles. The van der Waals surface area contributed by atoms with Crippen LogP contribution in [0.3, 0.4) is 0 Å². The number of unbranched alkanes of at least 4 members (excludes halogenated alkanes) is 7. The van der Waals surface area contributed by atoms with Crippen molar-refractivity contribution in [3.05, 3.63) is 36.0 Å². The van der Waals surface area contributed by atoms with Crippen LogP contribution in [0.5, 0.6) is 5.75 Å². The largest absolute Gasteiger partial charge is 0.494 e. The van der Waals surface area contributed by atoms with Crippen LogP contribution in [0.15, 0.2) is 30.3 Å². The van der Waals surface area contributed by atoms with Crippen LogP contribution in [-0.4, -0.2) is 26.4 Å². The van der Waals surface area contributed by atoms with E-state index in [1.807, 2.05) is 16.6 Å². The van der Waals surface area contributed by atoms with Crippen molar-refractivity contribution >= 4 is 5.65 Å². The van der Waals surface area contributed by atoms with E-state index in [1.54, 1.807) is 0 Å². The molecule has 1 aromatic carbocycles. The van der Waals surface area contributed by atoms with Crippen LogP contribution in [0.2, 0.25) is 0 Å². The maximum atomic E-state index is 5.99. The number of benzene rings is 1. The van der Waals surface area contributed by atoms with Gasteiger partial charge in [0.25, 0.3) is 0 Å².